The lowest BCUT2D eigenvalue weighted by molar-refractivity contribution is -0.146. The van der Waals surface area contributed by atoms with E-state index in [1.54, 1.807) is 0 Å². The topological polar surface area (TPSA) is 99.8 Å². The van der Waals surface area contributed by atoms with Crippen molar-refractivity contribution in [3.8, 4) is 0 Å². The zero-order valence-corrected chi connectivity index (χ0v) is 8.19. The smallest absolute Gasteiger partial charge is 0.334 e. The molecule has 0 saturated heterocycles. The summed E-state index contributed by atoms with van der Waals surface area (Å²) in [7, 11) is 0. The van der Waals surface area contributed by atoms with Crippen molar-refractivity contribution in [1.82, 2.24) is 5.32 Å². The van der Waals surface area contributed by atoms with Gasteiger partial charge in [0.05, 0.1) is 6.54 Å². The van der Waals surface area contributed by atoms with E-state index in [1.165, 1.54) is 12.1 Å². The molecular weight excluding hydrogens is 226 g/mol. The normalized spacial score (nSPS) is 12.1. The van der Waals surface area contributed by atoms with Crippen LogP contribution < -0.4 is 5.32 Å². The van der Waals surface area contributed by atoms with Gasteiger partial charge in [0.15, 0.2) is 17.1 Å². The van der Waals surface area contributed by atoms with Crippen LogP contribution in [0.2, 0.25) is 5.22 Å². The molecule has 7 heteroatoms. The number of aliphatic hydroxyl groups excluding tert-OH is 1. The van der Waals surface area contributed by atoms with Crippen LogP contribution in [0.1, 0.15) is 10.6 Å². The Hall–Kier alpha value is -1.53. The molecule has 1 aromatic heterocycles. The van der Waals surface area contributed by atoms with Crippen LogP contribution in [0, 0.1) is 0 Å². The molecule has 0 bridgehead atoms. The summed E-state index contributed by atoms with van der Waals surface area (Å²) < 4.78 is 4.76. The fourth-order valence-electron chi connectivity index (χ4n) is 0.800. The van der Waals surface area contributed by atoms with Crippen LogP contribution >= 0.6 is 11.6 Å². The quantitative estimate of drug-likeness (QED) is 0.685. The molecule has 0 aliphatic heterocycles. The summed E-state index contributed by atoms with van der Waals surface area (Å²) in [5, 5.41) is 19.4. The van der Waals surface area contributed by atoms with Gasteiger partial charge in [0, 0.05) is 0 Å². The van der Waals surface area contributed by atoms with E-state index in [2.05, 4.69) is 5.32 Å². The van der Waals surface area contributed by atoms with E-state index in [1.807, 2.05) is 0 Å². The monoisotopic (exact) mass is 233 g/mol. The predicted octanol–water partition coefficient (Wildman–Crippen LogP) is 0.108. The predicted molar refractivity (Wildman–Crippen MR) is 49.7 cm³/mol. The Labute approximate surface area is 89.5 Å². The van der Waals surface area contributed by atoms with Crippen LogP contribution in [-0.2, 0) is 4.79 Å². The molecule has 0 spiro atoms. The minimum atomic E-state index is -1.64. The Bertz CT molecular complexity index is 375. The molecule has 6 nitrogen and oxygen atoms in total. The fraction of sp³-hybridized carbons (Fsp3) is 0.250. The number of carbonyl (C=O) groups excluding carboxylic acids is 1. The molecule has 0 aliphatic rings. The number of furan rings is 1. The van der Waals surface area contributed by atoms with Gasteiger partial charge in [-0.05, 0) is 23.7 Å². The van der Waals surface area contributed by atoms with E-state index >= 15 is 0 Å². The molecule has 82 valence electrons. The number of hydrogen-bond donors (Lipinski definition) is 3. The summed E-state index contributed by atoms with van der Waals surface area (Å²) in [6, 6.07) is 2.72. The third-order valence-electron chi connectivity index (χ3n) is 1.54. The SMILES string of the molecule is O=C(NCC(O)C(=O)O)c1ccc(Cl)o1. The molecule has 0 saturated carbocycles. The Morgan fingerprint density at radius 1 is 1.53 bits per heavy atom. The molecule has 0 fully saturated rings. The van der Waals surface area contributed by atoms with Crippen LogP contribution in [0.25, 0.3) is 0 Å². The first-order chi connectivity index (χ1) is 7.00. The molecule has 1 heterocycles. The third-order valence-corrected chi connectivity index (χ3v) is 1.74. The maximum absolute atomic E-state index is 11.2. The summed E-state index contributed by atoms with van der Waals surface area (Å²) in [4.78, 5) is 21.4. The molecule has 0 aliphatic carbocycles. The minimum absolute atomic E-state index is 0.0439. The standard InChI is InChI=1S/C8H8ClNO5/c9-6-2-1-5(15-6)7(12)10-3-4(11)8(13)14/h1-2,4,11H,3H2,(H,10,12)(H,13,14). The van der Waals surface area contributed by atoms with Crippen molar-refractivity contribution >= 4 is 23.5 Å². The lowest BCUT2D eigenvalue weighted by Crippen LogP contribution is -2.36. The van der Waals surface area contributed by atoms with Crippen LogP contribution in [-0.4, -0.2) is 34.7 Å². The van der Waals surface area contributed by atoms with Crippen molar-refractivity contribution in [3.63, 3.8) is 0 Å². The number of hydrogen-bond acceptors (Lipinski definition) is 4. The molecule has 3 N–H and O–H groups in total. The Morgan fingerprint density at radius 2 is 2.20 bits per heavy atom. The maximum Gasteiger partial charge on any atom is 0.334 e. The summed E-state index contributed by atoms with van der Waals surface area (Å²) in [6.45, 7) is -0.396. The summed E-state index contributed by atoms with van der Waals surface area (Å²) in [5.41, 5.74) is 0. The van der Waals surface area contributed by atoms with Crippen molar-refractivity contribution in [2.24, 2.45) is 0 Å². The van der Waals surface area contributed by atoms with Gasteiger partial charge in [-0.25, -0.2) is 4.79 Å². The van der Waals surface area contributed by atoms with E-state index < -0.39 is 24.5 Å². The number of nitrogens with one attached hydrogen (secondary N) is 1. The van der Waals surface area contributed by atoms with Gasteiger partial charge in [0.25, 0.3) is 5.91 Å². The molecular formula is C8H8ClNO5. The average molecular weight is 234 g/mol. The Kier molecular flexibility index (Phi) is 3.70. The number of halogens is 1. The number of aliphatic hydroxyl groups is 1. The molecule has 0 aromatic carbocycles. The summed E-state index contributed by atoms with van der Waals surface area (Å²) in [6.07, 6.45) is -1.64. The van der Waals surface area contributed by atoms with Crippen LogP contribution in [0.3, 0.4) is 0 Å². The Balaban J connectivity index is 2.47. The Morgan fingerprint density at radius 3 is 2.67 bits per heavy atom. The highest BCUT2D eigenvalue weighted by Gasteiger charge is 2.16. The molecule has 0 radical (unpaired) electrons. The zero-order chi connectivity index (χ0) is 11.4. The molecule has 1 atom stereocenters. The highest BCUT2D eigenvalue weighted by atomic mass is 35.5. The number of aliphatic carboxylic acids is 1. The highest BCUT2D eigenvalue weighted by molar-refractivity contribution is 6.29. The first kappa shape index (κ1) is 11.5. The first-order valence-electron chi connectivity index (χ1n) is 3.95. The lowest BCUT2D eigenvalue weighted by Gasteiger charge is -2.05. The summed E-state index contributed by atoms with van der Waals surface area (Å²) in [5.74, 6) is -2.09. The fourth-order valence-corrected chi connectivity index (χ4v) is 0.946. The molecule has 1 unspecified atom stereocenters. The number of carboxylic acid groups (broad SMARTS) is 1. The van der Waals surface area contributed by atoms with E-state index in [0.29, 0.717) is 0 Å². The maximum atomic E-state index is 11.2. The number of carbonyl (C=O) groups is 2. The van der Waals surface area contributed by atoms with Crippen LogP contribution in [0.4, 0.5) is 0 Å². The number of amides is 1. The van der Waals surface area contributed by atoms with Crippen LogP contribution in [0.15, 0.2) is 16.5 Å². The lowest BCUT2D eigenvalue weighted by atomic mass is 10.3. The zero-order valence-electron chi connectivity index (χ0n) is 7.44. The second-order valence-electron chi connectivity index (χ2n) is 2.67. The van der Waals surface area contributed by atoms with E-state index in [4.69, 9.17) is 26.2 Å². The van der Waals surface area contributed by atoms with Crippen molar-refractivity contribution in [2.45, 2.75) is 6.10 Å². The van der Waals surface area contributed by atoms with Crippen molar-refractivity contribution < 1.29 is 24.2 Å². The molecule has 1 amide bonds. The van der Waals surface area contributed by atoms with E-state index in [-0.39, 0.29) is 11.0 Å². The molecule has 1 aromatic rings. The van der Waals surface area contributed by atoms with Crippen molar-refractivity contribution in [3.05, 3.63) is 23.1 Å². The van der Waals surface area contributed by atoms with Crippen molar-refractivity contribution in [1.29, 1.82) is 0 Å². The van der Waals surface area contributed by atoms with Gasteiger partial charge in [-0.1, -0.05) is 0 Å². The number of carboxylic acids is 1. The van der Waals surface area contributed by atoms with Gasteiger partial charge in [0.1, 0.15) is 0 Å². The van der Waals surface area contributed by atoms with E-state index in [0.717, 1.165) is 0 Å². The van der Waals surface area contributed by atoms with Gasteiger partial charge >= 0.3 is 5.97 Å². The first-order valence-corrected chi connectivity index (χ1v) is 4.33. The third kappa shape index (κ3) is 3.26. The van der Waals surface area contributed by atoms with E-state index in [9.17, 15) is 9.59 Å². The van der Waals surface area contributed by atoms with Gasteiger partial charge < -0.3 is 19.9 Å². The second kappa shape index (κ2) is 4.81. The molecule has 15 heavy (non-hydrogen) atoms. The minimum Gasteiger partial charge on any atom is -0.479 e. The molecule has 1 rings (SSSR count). The van der Waals surface area contributed by atoms with Gasteiger partial charge in [-0.3, -0.25) is 4.79 Å². The summed E-state index contributed by atoms with van der Waals surface area (Å²) >= 11 is 5.43. The van der Waals surface area contributed by atoms with Crippen molar-refractivity contribution in [2.75, 3.05) is 6.54 Å². The second-order valence-corrected chi connectivity index (χ2v) is 3.04. The van der Waals surface area contributed by atoms with Gasteiger partial charge in [-0.2, -0.15) is 0 Å². The van der Waals surface area contributed by atoms with Crippen LogP contribution in [0.5, 0.6) is 0 Å². The largest absolute Gasteiger partial charge is 0.479 e. The number of rotatable bonds is 4. The van der Waals surface area contributed by atoms with Gasteiger partial charge in [0.2, 0.25) is 0 Å². The highest BCUT2D eigenvalue weighted by Crippen LogP contribution is 2.12. The average Bonchev–Trinajstić information content (AvgIpc) is 2.60. The van der Waals surface area contributed by atoms with Gasteiger partial charge in [-0.15, -0.1) is 0 Å².